The van der Waals surface area contributed by atoms with Gasteiger partial charge in [-0.3, -0.25) is 9.59 Å². The Morgan fingerprint density at radius 3 is 2.56 bits per heavy atom. The molecule has 0 aromatic heterocycles. The Morgan fingerprint density at radius 1 is 1.28 bits per heavy atom. The van der Waals surface area contributed by atoms with Gasteiger partial charge >= 0.3 is 5.97 Å². The standard InChI is InChI=1S/C13H24N2O3/c1-14(2)10-11-6-5-9-15(11)12(16)7-3-4-8-13(17)18/h11H,3-10H2,1-2H3,(H,17,18). The van der Waals surface area contributed by atoms with Crippen LogP contribution in [0, 0.1) is 0 Å². The molecule has 104 valence electrons. The van der Waals surface area contributed by atoms with Crippen molar-refractivity contribution in [3.05, 3.63) is 0 Å². The van der Waals surface area contributed by atoms with Crippen LogP contribution in [0.3, 0.4) is 0 Å². The van der Waals surface area contributed by atoms with Gasteiger partial charge < -0.3 is 14.9 Å². The molecule has 1 rings (SSSR count). The third-order valence-corrected chi connectivity index (χ3v) is 3.30. The molecule has 1 N–H and O–H groups in total. The summed E-state index contributed by atoms with van der Waals surface area (Å²) in [5.74, 6) is -0.598. The van der Waals surface area contributed by atoms with Gasteiger partial charge in [-0.15, -0.1) is 0 Å². The Kier molecular flexibility index (Phi) is 6.12. The van der Waals surface area contributed by atoms with Crippen molar-refractivity contribution >= 4 is 11.9 Å². The fraction of sp³-hybridized carbons (Fsp3) is 0.846. The molecule has 0 aromatic rings. The van der Waals surface area contributed by atoms with E-state index in [0.717, 1.165) is 25.9 Å². The Balaban J connectivity index is 2.29. The lowest BCUT2D eigenvalue weighted by molar-refractivity contribution is -0.137. The van der Waals surface area contributed by atoms with E-state index in [0.29, 0.717) is 25.3 Å². The number of aliphatic carboxylic acids is 1. The van der Waals surface area contributed by atoms with E-state index in [-0.39, 0.29) is 12.3 Å². The van der Waals surface area contributed by atoms with Gasteiger partial charge in [-0.25, -0.2) is 0 Å². The number of carboxylic acids is 1. The van der Waals surface area contributed by atoms with E-state index in [9.17, 15) is 9.59 Å². The Hall–Kier alpha value is -1.10. The number of hydrogen-bond donors (Lipinski definition) is 1. The van der Waals surface area contributed by atoms with Gasteiger partial charge in [0.2, 0.25) is 5.91 Å². The highest BCUT2D eigenvalue weighted by molar-refractivity contribution is 5.77. The lowest BCUT2D eigenvalue weighted by atomic mass is 10.1. The number of carboxylic acid groups (broad SMARTS) is 1. The molecule has 1 amide bonds. The summed E-state index contributed by atoms with van der Waals surface area (Å²) >= 11 is 0. The summed E-state index contributed by atoms with van der Waals surface area (Å²) in [6.45, 7) is 1.77. The second-order valence-corrected chi connectivity index (χ2v) is 5.25. The van der Waals surface area contributed by atoms with Crippen LogP contribution in [0.2, 0.25) is 0 Å². The first kappa shape index (κ1) is 15.0. The monoisotopic (exact) mass is 256 g/mol. The van der Waals surface area contributed by atoms with Crippen LogP contribution in [0.25, 0.3) is 0 Å². The van der Waals surface area contributed by atoms with Gasteiger partial charge in [-0.1, -0.05) is 0 Å². The van der Waals surface area contributed by atoms with E-state index in [4.69, 9.17) is 5.11 Å². The summed E-state index contributed by atoms with van der Waals surface area (Å²) in [6.07, 6.45) is 4.08. The van der Waals surface area contributed by atoms with Gasteiger partial charge in [0.1, 0.15) is 0 Å². The van der Waals surface area contributed by atoms with Crippen molar-refractivity contribution in [1.29, 1.82) is 0 Å². The highest BCUT2D eigenvalue weighted by atomic mass is 16.4. The maximum absolute atomic E-state index is 12.0. The zero-order valence-corrected chi connectivity index (χ0v) is 11.4. The fourth-order valence-corrected chi connectivity index (χ4v) is 2.47. The summed E-state index contributed by atoms with van der Waals surface area (Å²) in [5.41, 5.74) is 0. The molecule has 1 saturated heterocycles. The number of carbonyl (C=O) groups is 2. The molecule has 0 aromatic carbocycles. The molecule has 1 unspecified atom stereocenters. The van der Waals surface area contributed by atoms with Crippen LogP contribution >= 0.6 is 0 Å². The molecule has 1 aliphatic heterocycles. The minimum Gasteiger partial charge on any atom is -0.481 e. The third-order valence-electron chi connectivity index (χ3n) is 3.30. The first-order chi connectivity index (χ1) is 8.50. The zero-order valence-electron chi connectivity index (χ0n) is 11.4. The molecular formula is C13H24N2O3. The molecule has 0 aliphatic carbocycles. The number of unbranched alkanes of at least 4 members (excludes halogenated alkanes) is 1. The molecule has 1 aliphatic rings. The lowest BCUT2D eigenvalue weighted by Gasteiger charge is -2.27. The van der Waals surface area contributed by atoms with Crippen LogP contribution in [-0.2, 0) is 9.59 Å². The fourth-order valence-electron chi connectivity index (χ4n) is 2.47. The van der Waals surface area contributed by atoms with E-state index >= 15 is 0 Å². The van der Waals surface area contributed by atoms with Crippen LogP contribution < -0.4 is 0 Å². The number of hydrogen-bond acceptors (Lipinski definition) is 3. The van der Waals surface area contributed by atoms with Gasteiger partial charge in [0.05, 0.1) is 0 Å². The van der Waals surface area contributed by atoms with Crippen molar-refractivity contribution in [3.8, 4) is 0 Å². The summed E-state index contributed by atoms with van der Waals surface area (Å²) < 4.78 is 0. The van der Waals surface area contributed by atoms with E-state index in [2.05, 4.69) is 4.90 Å². The quantitative estimate of drug-likeness (QED) is 0.695. The van der Waals surface area contributed by atoms with Crippen LogP contribution in [-0.4, -0.2) is 60.0 Å². The molecule has 5 heteroatoms. The third kappa shape index (κ3) is 5.04. The minimum atomic E-state index is -0.783. The maximum atomic E-state index is 12.0. The van der Waals surface area contributed by atoms with Crippen molar-refractivity contribution in [2.24, 2.45) is 0 Å². The van der Waals surface area contributed by atoms with Gasteiger partial charge in [-0.05, 0) is 39.8 Å². The highest BCUT2D eigenvalue weighted by Gasteiger charge is 2.28. The second kappa shape index (κ2) is 7.36. The normalized spacial score (nSPS) is 19.5. The minimum absolute atomic E-state index is 0.161. The second-order valence-electron chi connectivity index (χ2n) is 5.25. The summed E-state index contributed by atoms with van der Waals surface area (Å²) in [6, 6.07) is 0.340. The van der Waals surface area contributed by atoms with Crippen molar-refractivity contribution < 1.29 is 14.7 Å². The zero-order chi connectivity index (χ0) is 13.5. The Labute approximate surface area is 109 Å². The molecule has 1 atom stereocenters. The molecule has 0 bridgehead atoms. The highest BCUT2D eigenvalue weighted by Crippen LogP contribution is 2.19. The number of nitrogens with zero attached hydrogens (tertiary/aromatic N) is 2. The van der Waals surface area contributed by atoms with Gasteiger partial charge in [-0.2, -0.15) is 0 Å². The maximum Gasteiger partial charge on any atom is 0.303 e. The van der Waals surface area contributed by atoms with Crippen molar-refractivity contribution in [2.45, 2.75) is 44.6 Å². The molecule has 1 fully saturated rings. The van der Waals surface area contributed by atoms with Gasteiger partial charge in [0, 0.05) is 32.0 Å². The van der Waals surface area contributed by atoms with E-state index in [1.165, 1.54) is 0 Å². The first-order valence-electron chi connectivity index (χ1n) is 6.66. The Bertz CT molecular complexity index is 292. The Morgan fingerprint density at radius 2 is 1.94 bits per heavy atom. The van der Waals surface area contributed by atoms with E-state index < -0.39 is 5.97 Å². The largest absolute Gasteiger partial charge is 0.481 e. The van der Waals surface area contributed by atoms with Crippen molar-refractivity contribution in [2.75, 3.05) is 27.2 Å². The molecule has 18 heavy (non-hydrogen) atoms. The smallest absolute Gasteiger partial charge is 0.303 e. The summed E-state index contributed by atoms with van der Waals surface area (Å²) in [4.78, 5) is 26.5. The predicted octanol–water partition coefficient (Wildman–Crippen LogP) is 1.18. The average molecular weight is 256 g/mol. The average Bonchev–Trinajstić information content (AvgIpc) is 2.71. The van der Waals surface area contributed by atoms with Gasteiger partial charge in [0.15, 0.2) is 0 Å². The summed E-state index contributed by atoms with van der Waals surface area (Å²) in [5, 5.41) is 8.53. The number of rotatable bonds is 7. The van der Waals surface area contributed by atoms with Crippen LogP contribution in [0.5, 0.6) is 0 Å². The SMILES string of the molecule is CN(C)CC1CCCN1C(=O)CCCCC(=O)O. The number of likely N-dealkylation sites (tertiary alicyclic amines) is 1. The first-order valence-corrected chi connectivity index (χ1v) is 6.66. The number of amides is 1. The number of likely N-dealkylation sites (N-methyl/N-ethyl adjacent to an activating group) is 1. The van der Waals surface area contributed by atoms with Crippen molar-refractivity contribution in [3.63, 3.8) is 0 Å². The lowest BCUT2D eigenvalue weighted by Crippen LogP contribution is -2.41. The molecule has 1 heterocycles. The summed E-state index contributed by atoms with van der Waals surface area (Å²) in [7, 11) is 4.04. The molecule has 0 radical (unpaired) electrons. The van der Waals surface area contributed by atoms with Crippen LogP contribution in [0.15, 0.2) is 0 Å². The predicted molar refractivity (Wildman–Crippen MR) is 69.4 cm³/mol. The van der Waals surface area contributed by atoms with Crippen LogP contribution in [0.1, 0.15) is 38.5 Å². The van der Waals surface area contributed by atoms with Crippen LogP contribution in [0.4, 0.5) is 0 Å². The number of carbonyl (C=O) groups excluding carboxylic acids is 1. The molecular weight excluding hydrogens is 232 g/mol. The molecule has 5 nitrogen and oxygen atoms in total. The van der Waals surface area contributed by atoms with Gasteiger partial charge in [0.25, 0.3) is 0 Å². The molecule has 0 saturated carbocycles. The molecule has 0 spiro atoms. The van der Waals surface area contributed by atoms with E-state index in [1.54, 1.807) is 0 Å². The topological polar surface area (TPSA) is 60.9 Å². The van der Waals surface area contributed by atoms with Crippen molar-refractivity contribution in [1.82, 2.24) is 9.80 Å². The van der Waals surface area contributed by atoms with E-state index in [1.807, 2.05) is 19.0 Å².